The third-order valence-electron chi connectivity index (χ3n) is 9.07. The average Bonchev–Trinajstić information content (AvgIpc) is 3.59. The third kappa shape index (κ3) is 3.44. The van der Waals surface area contributed by atoms with E-state index in [4.69, 9.17) is 9.90 Å². The highest BCUT2D eigenvalue weighted by Gasteiger charge is 2.22. The van der Waals surface area contributed by atoms with E-state index in [-0.39, 0.29) is 45.7 Å². The van der Waals surface area contributed by atoms with Crippen molar-refractivity contribution < 1.29 is 15.4 Å². The summed E-state index contributed by atoms with van der Waals surface area (Å²) >= 11 is 0. The van der Waals surface area contributed by atoms with Gasteiger partial charge in [-0.2, -0.15) is 0 Å². The van der Waals surface area contributed by atoms with Gasteiger partial charge < -0.3 is 4.42 Å². The Labute approximate surface area is 270 Å². The molecular formula is C44H26O. The Morgan fingerprint density at radius 3 is 1.69 bits per heavy atom. The van der Waals surface area contributed by atoms with Crippen LogP contribution in [0.5, 0.6) is 0 Å². The first-order valence-electron chi connectivity index (χ1n) is 18.9. The van der Waals surface area contributed by atoms with Crippen molar-refractivity contribution in [2.75, 3.05) is 0 Å². The Hall–Kier alpha value is -5.92. The van der Waals surface area contributed by atoms with Crippen molar-refractivity contribution in [3.05, 3.63) is 158 Å². The number of hydrogen-bond donors (Lipinski definition) is 0. The van der Waals surface area contributed by atoms with Gasteiger partial charge in [0.05, 0.1) is 11.0 Å². The molecular weight excluding hydrogens is 544 g/mol. The van der Waals surface area contributed by atoms with Gasteiger partial charge in [0.1, 0.15) is 11.2 Å². The molecule has 0 radical (unpaired) electrons. The van der Waals surface area contributed by atoms with Gasteiger partial charge in [-0.3, -0.25) is 0 Å². The van der Waals surface area contributed by atoms with E-state index in [1.807, 2.05) is 109 Å². The molecule has 9 aromatic carbocycles. The average molecular weight is 579 g/mol. The molecule has 10 rings (SSSR count). The minimum absolute atomic E-state index is 0.170. The van der Waals surface area contributed by atoms with Crippen molar-refractivity contribution in [1.29, 1.82) is 0 Å². The molecule has 0 aliphatic heterocycles. The molecule has 0 saturated carbocycles. The van der Waals surface area contributed by atoms with Crippen LogP contribution in [-0.2, 0) is 0 Å². The van der Waals surface area contributed by atoms with Gasteiger partial charge in [0.25, 0.3) is 0 Å². The molecule has 0 saturated heterocycles. The predicted molar refractivity (Wildman–Crippen MR) is 192 cm³/mol. The second-order valence-electron chi connectivity index (χ2n) is 11.4. The zero-order valence-corrected chi connectivity index (χ0v) is 23.8. The highest BCUT2D eigenvalue weighted by atomic mass is 16.3. The van der Waals surface area contributed by atoms with Gasteiger partial charge >= 0.3 is 0 Å². The molecule has 208 valence electrons. The van der Waals surface area contributed by atoms with Gasteiger partial charge in [-0.15, -0.1) is 0 Å². The largest absolute Gasteiger partial charge is 0.455 e. The molecule has 1 nitrogen and oxygen atoms in total. The van der Waals surface area contributed by atoms with Gasteiger partial charge in [0, 0.05) is 16.2 Å². The lowest BCUT2D eigenvalue weighted by Crippen LogP contribution is -1.92. The minimum atomic E-state index is -0.437. The maximum absolute atomic E-state index is 9.50. The number of benzene rings is 9. The Morgan fingerprint density at radius 2 is 0.978 bits per heavy atom. The van der Waals surface area contributed by atoms with Crippen LogP contribution >= 0.6 is 0 Å². The summed E-state index contributed by atoms with van der Waals surface area (Å²) in [5, 5.41) is 7.63. The second-order valence-corrected chi connectivity index (χ2v) is 11.4. The van der Waals surface area contributed by atoms with Crippen LogP contribution in [0.3, 0.4) is 0 Å². The summed E-state index contributed by atoms with van der Waals surface area (Å²) in [5.41, 5.74) is 2.97. The lowest BCUT2D eigenvalue weighted by atomic mass is 9.83. The smallest absolute Gasteiger partial charge is 0.143 e. The van der Waals surface area contributed by atoms with Crippen molar-refractivity contribution in [3.63, 3.8) is 0 Å². The molecule has 0 amide bonds. The van der Waals surface area contributed by atoms with E-state index in [0.29, 0.717) is 38.8 Å². The Kier molecular flexibility index (Phi) is 3.72. The van der Waals surface area contributed by atoms with Crippen molar-refractivity contribution in [2.45, 2.75) is 0 Å². The van der Waals surface area contributed by atoms with E-state index in [1.165, 1.54) is 0 Å². The fourth-order valence-electron chi connectivity index (χ4n) is 7.19. The molecule has 1 heteroatoms. The lowest BCUT2D eigenvalue weighted by Gasteiger charge is -2.20. The first-order valence-corrected chi connectivity index (χ1v) is 14.9. The van der Waals surface area contributed by atoms with Crippen LogP contribution in [0.2, 0.25) is 0 Å². The van der Waals surface area contributed by atoms with Crippen molar-refractivity contribution >= 4 is 75.8 Å². The van der Waals surface area contributed by atoms with E-state index >= 15 is 0 Å². The molecule has 0 bridgehead atoms. The van der Waals surface area contributed by atoms with Crippen molar-refractivity contribution in [3.8, 4) is 22.3 Å². The molecule has 1 heterocycles. The van der Waals surface area contributed by atoms with Crippen LogP contribution < -0.4 is 0 Å². The number of rotatable bonds is 2. The van der Waals surface area contributed by atoms with Crippen LogP contribution in [0.4, 0.5) is 0 Å². The highest BCUT2D eigenvalue weighted by molar-refractivity contribution is 6.29. The molecule has 0 unspecified atom stereocenters. The molecule has 0 aliphatic carbocycles. The summed E-state index contributed by atoms with van der Waals surface area (Å²) in [6.45, 7) is 0. The molecule has 10 aromatic rings. The van der Waals surface area contributed by atoms with Gasteiger partial charge in [0.15, 0.2) is 0 Å². The maximum Gasteiger partial charge on any atom is 0.143 e. The molecule has 0 N–H and O–H groups in total. The Bertz CT molecular complexity index is 3190. The molecule has 0 atom stereocenters. The standard InChI is InChI=1S/C44H26O/c1-4-15-30-27(12-1)24-25-38-43-37(22-11-23-40(43)45-44(30)38)41-33-18-7-9-20-35(33)42(36-21-10-8-19-34(36)41)39-26-28-13-2-3-14-29(28)31-16-5-6-17-32(31)39/h1-26H/i7D,8D,9D,10D,18D,19D,20D,21D. The molecule has 45 heavy (non-hydrogen) atoms. The molecule has 0 aliphatic rings. The van der Waals surface area contributed by atoms with Gasteiger partial charge in [-0.1, -0.05) is 139 Å². The maximum atomic E-state index is 9.50. The lowest BCUT2D eigenvalue weighted by molar-refractivity contribution is 0.673. The molecule has 0 spiro atoms. The first kappa shape index (κ1) is 18.0. The zero-order valence-electron chi connectivity index (χ0n) is 31.8. The monoisotopic (exact) mass is 578 g/mol. The van der Waals surface area contributed by atoms with Crippen molar-refractivity contribution in [1.82, 2.24) is 0 Å². The summed E-state index contributed by atoms with van der Waals surface area (Å²) < 4.78 is 80.1. The highest BCUT2D eigenvalue weighted by Crippen LogP contribution is 2.49. The summed E-state index contributed by atoms with van der Waals surface area (Å²) in [5.74, 6) is 0. The summed E-state index contributed by atoms with van der Waals surface area (Å²) in [4.78, 5) is 0. The van der Waals surface area contributed by atoms with Crippen molar-refractivity contribution in [2.24, 2.45) is 0 Å². The Morgan fingerprint density at radius 1 is 0.400 bits per heavy atom. The quantitative estimate of drug-likeness (QED) is 0.147. The van der Waals surface area contributed by atoms with Crippen LogP contribution in [0, 0.1) is 0 Å². The van der Waals surface area contributed by atoms with E-state index in [9.17, 15) is 5.48 Å². The summed E-state index contributed by atoms with van der Waals surface area (Å²) in [7, 11) is 0. The van der Waals surface area contributed by atoms with Gasteiger partial charge in [0.2, 0.25) is 0 Å². The van der Waals surface area contributed by atoms with E-state index in [1.54, 1.807) is 0 Å². The fraction of sp³-hybridized carbons (Fsp3) is 0. The summed E-state index contributed by atoms with van der Waals surface area (Å²) in [6, 6.07) is 32.1. The molecule has 0 fully saturated rings. The van der Waals surface area contributed by atoms with Gasteiger partial charge in [-0.05, 0) is 88.9 Å². The zero-order chi connectivity index (χ0) is 36.4. The fourth-order valence-corrected chi connectivity index (χ4v) is 7.19. The van der Waals surface area contributed by atoms with Crippen LogP contribution in [0.1, 0.15) is 11.0 Å². The normalized spacial score (nSPS) is 14.5. The van der Waals surface area contributed by atoms with Crippen LogP contribution in [0.15, 0.2) is 162 Å². The number of hydrogen-bond acceptors (Lipinski definition) is 1. The topological polar surface area (TPSA) is 13.1 Å². The second kappa shape index (κ2) is 9.29. The van der Waals surface area contributed by atoms with Gasteiger partial charge in [-0.25, -0.2) is 0 Å². The predicted octanol–water partition coefficient (Wildman–Crippen LogP) is 12.7. The Balaban J connectivity index is 1.52. The number of fused-ring (bicyclic) bond motifs is 10. The first-order chi connectivity index (χ1) is 25.7. The number of furan rings is 1. The molecule has 1 aromatic heterocycles. The van der Waals surface area contributed by atoms with Crippen LogP contribution in [-0.4, -0.2) is 0 Å². The minimum Gasteiger partial charge on any atom is -0.455 e. The van der Waals surface area contributed by atoms with Crippen LogP contribution in [0.25, 0.3) is 98.1 Å². The summed E-state index contributed by atoms with van der Waals surface area (Å²) in [6.07, 6.45) is 0. The van der Waals surface area contributed by atoms with E-state index in [2.05, 4.69) is 0 Å². The SMILES string of the molecule is [2H]c1c([2H])c([2H])c2c(-c3cccc4oc5c6ccccc6ccc5c34)c3c([2H])c([2H])c([2H])c([2H])c3c(-c3cc4ccccc4c4ccccc34)c2c1[2H]. The van der Waals surface area contributed by atoms with E-state index < -0.39 is 24.2 Å². The van der Waals surface area contributed by atoms with E-state index in [0.717, 1.165) is 37.7 Å². The third-order valence-corrected chi connectivity index (χ3v) is 9.07.